The van der Waals surface area contributed by atoms with Crippen molar-refractivity contribution in [2.24, 2.45) is 0 Å². The van der Waals surface area contributed by atoms with Gasteiger partial charge in [-0.05, 0) is 93.2 Å². The molecule has 4 aromatic carbocycles. The average Bonchev–Trinajstić information content (AvgIpc) is 2.66. The van der Waals surface area contributed by atoms with Gasteiger partial charge in [0.15, 0.2) is 0 Å². The zero-order chi connectivity index (χ0) is 18.2. The fraction of sp³-hybridized carbons (Fsp3) is 0.286. The first kappa shape index (κ1) is 15.3. The molecule has 0 saturated heterocycles. The van der Waals surface area contributed by atoms with Crippen molar-refractivity contribution in [2.45, 2.75) is 49.4 Å². The van der Waals surface area contributed by atoms with Crippen LogP contribution in [0.2, 0.25) is 0 Å². The van der Waals surface area contributed by atoms with E-state index in [9.17, 15) is 0 Å². The molecule has 136 valence electrons. The molecule has 0 aromatic heterocycles. The van der Waals surface area contributed by atoms with Crippen molar-refractivity contribution in [3.8, 4) is 0 Å². The van der Waals surface area contributed by atoms with Crippen LogP contribution in [-0.2, 0) is 0 Å². The monoisotopic (exact) mass is 360 g/mol. The van der Waals surface area contributed by atoms with E-state index in [4.69, 9.17) is 0 Å². The Morgan fingerprint density at radius 1 is 0.393 bits per heavy atom. The van der Waals surface area contributed by atoms with E-state index in [0.717, 1.165) is 0 Å². The van der Waals surface area contributed by atoms with Gasteiger partial charge in [0, 0.05) is 0 Å². The highest BCUT2D eigenvalue weighted by Crippen LogP contribution is 2.61. The molecule has 0 heteroatoms. The second kappa shape index (κ2) is 5.47. The summed E-state index contributed by atoms with van der Waals surface area (Å²) in [5.74, 6) is 2.84. The van der Waals surface area contributed by atoms with Gasteiger partial charge >= 0.3 is 0 Å². The molecule has 7 rings (SSSR count). The van der Waals surface area contributed by atoms with Gasteiger partial charge in [0.2, 0.25) is 0 Å². The molecular weight excluding hydrogens is 336 g/mol. The van der Waals surface area contributed by atoms with Crippen LogP contribution in [0.3, 0.4) is 0 Å². The summed E-state index contributed by atoms with van der Waals surface area (Å²) in [4.78, 5) is 0. The van der Waals surface area contributed by atoms with Gasteiger partial charge in [-0.25, -0.2) is 0 Å². The number of fused-ring (bicyclic) bond motifs is 10. The third kappa shape index (κ3) is 1.96. The lowest BCUT2D eigenvalue weighted by Crippen LogP contribution is -2.32. The molecule has 2 fully saturated rings. The summed E-state index contributed by atoms with van der Waals surface area (Å²) in [7, 11) is 0. The Bertz CT molecular complexity index is 1050. The molecular formula is C28H24. The molecule has 28 heavy (non-hydrogen) atoms. The van der Waals surface area contributed by atoms with Crippen LogP contribution in [0.1, 0.15) is 71.6 Å². The van der Waals surface area contributed by atoms with Gasteiger partial charge in [-0.15, -0.1) is 0 Å². The van der Waals surface area contributed by atoms with Gasteiger partial charge in [0.1, 0.15) is 0 Å². The topological polar surface area (TPSA) is 0 Å². The number of hydrogen-bond acceptors (Lipinski definition) is 0. The summed E-state index contributed by atoms with van der Waals surface area (Å²) in [5.41, 5.74) is 6.68. The predicted molar refractivity (Wildman–Crippen MR) is 117 cm³/mol. The van der Waals surface area contributed by atoms with E-state index in [2.05, 4.69) is 72.8 Å². The molecule has 0 spiro atoms. The van der Waals surface area contributed by atoms with Crippen molar-refractivity contribution < 1.29 is 0 Å². The van der Waals surface area contributed by atoms with Gasteiger partial charge in [-0.2, -0.15) is 0 Å². The maximum atomic E-state index is 2.54. The highest BCUT2D eigenvalue weighted by molar-refractivity contribution is 5.86. The van der Waals surface area contributed by atoms with Gasteiger partial charge in [0.05, 0.1) is 0 Å². The third-order valence-electron chi connectivity index (χ3n) is 8.05. The van der Waals surface area contributed by atoms with Gasteiger partial charge in [-0.3, -0.25) is 0 Å². The van der Waals surface area contributed by atoms with Crippen LogP contribution in [0.4, 0.5) is 0 Å². The highest BCUT2D eigenvalue weighted by atomic mass is 14.5. The fourth-order valence-corrected chi connectivity index (χ4v) is 6.32. The SMILES string of the molecule is c1ccc2cc3c(cc2c1)[C@H]1CC[C@H]1c1cc2ccccc2cc1[C@H]1CC[C@@H]31. The Balaban J connectivity index is 1.50. The molecule has 0 nitrogen and oxygen atoms in total. The highest BCUT2D eigenvalue weighted by Gasteiger charge is 2.44. The Morgan fingerprint density at radius 3 is 0.857 bits per heavy atom. The molecule has 3 aliphatic carbocycles. The van der Waals surface area contributed by atoms with Crippen LogP contribution < -0.4 is 0 Å². The number of rotatable bonds is 0. The van der Waals surface area contributed by atoms with Crippen molar-refractivity contribution in [2.75, 3.05) is 0 Å². The van der Waals surface area contributed by atoms with Gasteiger partial charge in [0.25, 0.3) is 0 Å². The summed E-state index contributed by atoms with van der Waals surface area (Å²) in [5, 5.41) is 5.67. The fourth-order valence-electron chi connectivity index (χ4n) is 6.32. The number of hydrogen-bond donors (Lipinski definition) is 0. The van der Waals surface area contributed by atoms with Crippen LogP contribution >= 0.6 is 0 Å². The second-order valence-corrected chi connectivity index (χ2v) is 9.24. The van der Waals surface area contributed by atoms with E-state index in [1.165, 1.54) is 47.2 Å². The molecule has 0 unspecified atom stereocenters. The molecule has 0 aliphatic heterocycles. The van der Waals surface area contributed by atoms with E-state index in [0.29, 0.717) is 23.7 Å². The zero-order valence-corrected chi connectivity index (χ0v) is 16.1. The zero-order valence-electron chi connectivity index (χ0n) is 16.1. The van der Waals surface area contributed by atoms with Gasteiger partial charge < -0.3 is 0 Å². The number of benzene rings is 4. The lowest BCUT2D eigenvalue weighted by atomic mass is 9.56. The van der Waals surface area contributed by atoms with Crippen LogP contribution in [0, 0.1) is 0 Å². The van der Waals surface area contributed by atoms with E-state index < -0.39 is 0 Å². The molecule has 3 aliphatic rings. The minimum absolute atomic E-state index is 0.709. The van der Waals surface area contributed by atoms with Crippen molar-refractivity contribution in [3.05, 3.63) is 95.1 Å². The molecule has 0 heterocycles. The summed E-state index contributed by atoms with van der Waals surface area (Å²) in [6, 6.07) is 28.1. The predicted octanol–water partition coefficient (Wildman–Crippen LogP) is 7.63. The summed E-state index contributed by atoms with van der Waals surface area (Å²) >= 11 is 0. The molecule has 4 aromatic rings. The molecule has 2 saturated carbocycles. The minimum Gasteiger partial charge on any atom is -0.0616 e. The lowest BCUT2D eigenvalue weighted by Gasteiger charge is -2.48. The standard InChI is InChI=1S/C28H24/c1-2-6-18-14-26-23-11-12-24(23)28-16-20-8-4-3-7-19(20)15-27(28)22-10-9-21(22)25(26)13-17(18)5-1/h1-8,13-16,21-24H,9-12H2/t21-,22+,23+,24-. The van der Waals surface area contributed by atoms with E-state index in [-0.39, 0.29) is 0 Å². The Kier molecular flexibility index (Phi) is 3.00. The first-order chi connectivity index (χ1) is 13.9. The lowest BCUT2D eigenvalue weighted by molar-refractivity contribution is 0.295. The van der Waals surface area contributed by atoms with E-state index >= 15 is 0 Å². The van der Waals surface area contributed by atoms with Crippen LogP contribution in [-0.4, -0.2) is 0 Å². The van der Waals surface area contributed by atoms with Crippen molar-refractivity contribution in [1.29, 1.82) is 0 Å². The Hall–Kier alpha value is -2.60. The molecule has 0 bridgehead atoms. The summed E-state index contributed by atoms with van der Waals surface area (Å²) in [6.45, 7) is 0. The van der Waals surface area contributed by atoms with Crippen molar-refractivity contribution >= 4 is 21.5 Å². The normalized spacial score (nSPS) is 27.4. The molecule has 4 atom stereocenters. The van der Waals surface area contributed by atoms with Gasteiger partial charge in [-0.1, -0.05) is 72.8 Å². The van der Waals surface area contributed by atoms with Crippen LogP contribution in [0.5, 0.6) is 0 Å². The van der Waals surface area contributed by atoms with Crippen molar-refractivity contribution in [3.63, 3.8) is 0 Å². The van der Waals surface area contributed by atoms with Crippen LogP contribution in [0.25, 0.3) is 21.5 Å². The summed E-state index contributed by atoms with van der Waals surface area (Å²) < 4.78 is 0. The molecule has 0 amide bonds. The third-order valence-corrected chi connectivity index (χ3v) is 8.05. The average molecular weight is 361 g/mol. The molecule has 0 radical (unpaired) electrons. The summed E-state index contributed by atoms with van der Waals surface area (Å²) in [6.07, 6.45) is 5.39. The Labute approximate surface area is 166 Å². The maximum absolute atomic E-state index is 2.54. The second-order valence-electron chi connectivity index (χ2n) is 9.24. The smallest absolute Gasteiger partial charge is 0.00897 e. The Morgan fingerprint density at radius 2 is 0.643 bits per heavy atom. The van der Waals surface area contributed by atoms with Crippen LogP contribution in [0.15, 0.2) is 72.8 Å². The largest absolute Gasteiger partial charge is 0.0616 e. The first-order valence-electron chi connectivity index (χ1n) is 10.9. The molecule has 0 N–H and O–H groups in total. The minimum atomic E-state index is 0.709. The van der Waals surface area contributed by atoms with E-state index in [1.807, 2.05) is 0 Å². The quantitative estimate of drug-likeness (QED) is 0.302. The maximum Gasteiger partial charge on any atom is -0.00897 e. The first-order valence-corrected chi connectivity index (χ1v) is 10.9. The van der Waals surface area contributed by atoms with Crippen molar-refractivity contribution in [1.82, 2.24) is 0 Å². The van der Waals surface area contributed by atoms with E-state index in [1.54, 1.807) is 22.3 Å².